The van der Waals surface area contributed by atoms with Gasteiger partial charge in [0.1, 0.15) is 12.4 Å². The first-order valence-corrected chi connectivity index (χ1v) is 12.2. The number of anilines is 2. The lowest BCUT2D eigenvalue weighted by Gasteiger charge is -2.22. The Kier molecular flexibility index (Phi) is 8.36. The molecule has 1 aromatic heterocycles. The first-order valence-electron chi connectivity index (χ1n) is 11.9. The molecule has 184 valence electrons. The van der Waals surface area contributed by atoms with E-state index < -0.39 is 0 Å². The smallest absolute Gasteiger partial charge is 0.315 e. The van der Waals surface area contributed by atoms with Crippen LogP contribution in [0.2, 0.25) is 5.02 Å². The molecule has 0 atom stereocenters. The lowest BCUT2D eigenvalue weighted by atomic mass is 10.1. The molecule has 0 aliphatic heterocycles. The van der Waals surface area contributed by atoms with Crippen molar-refractivity contribution in [1.29, 1.82) is 0 Å². The van der Waals surface area contributed by atoms with Gasteiger partial charge in [-0.2, -0.15) is 5.10 Å². The third-order valence-electron chi connectivity index (χ3n) is 5.53. The van der Waals surface area contributed by atoms with Gasteiger partial charge >= 0.3 is 6.03 Å². The van der Waals surface area contributed by atoms with Gasteiger partial charge in [0.05, 0.1) is 11.4 Å². The van der Waals surface area contributed by atoms with Gasteiger partial charge in [-0.05, 0) is 36.8 Å². The molecule has 4 rings (SSSR count). The van der Waals surface area contributed by atoms with Gasteiger partial charge < -0.3 is 15.5 Å². The Morgan fingerprint density at radius 1 is 0.917 bits per heavy atom. The number of nitrogens with one attached hydrogen (secondary N) is 2. The van der Waals surface area contributed by atoms with Crippen LogP contribution in [-0.2, 0) is 4.79 Å². The van der Waals surface area contributed by atoms with Crippen LogP contribution in [0.25, 0.3) is 16.9 Å². The first kappa shape index (κ1) is 25.0. The predicted octanol–water partition coefficient (Wildman–Crippen LogP) is 6.47. The zero-order valence-electron chi connectivity index (χ0n) is 20.0. The molecule has 0 spiro atoms. The van der Waals surface area contributed by atoms with Gasteiger partial charge in [-0.15, -0.1) is 0 Å². The SMILES string of the molecule is CCCCN(CC(=O)Nc1cc(-c2ccccc2)nn1-c1ccccc1)C(=O)Nc1cccc(Cl)c1. The van der Waals surface area contributed by atoms with E-state index in [4.69, 9.17) is 16.7 Å². The largest absolute Gasteiger partial charge is 0.322 e. The zero-order chi connectivity index (χ0) is 25.3. The molecule has 3 aromatic carbocycles. The van der Waals surface area contributed by atoms with Crippen molar-refractivity contribution in [1.82, 2.24) is 14.7 Å². The topological polar surface area (TPSA) is 79.3 Å². The van der Waals surface area contributed by atoms with Crippen molar-refractivity contribution in [2.75, 3.05) is 23.7 Å². The third-order valence-corrected chi connectivity index (χ3v) is 5.76. The number of hydrogen-bond donors (Lipinski definition) is 2. The van der Waals surface area contributed by atoms with Gasteiger partial charge in [0, 0.05) is 28.9 Å². The fourth-order valence-corrected chi connectivity index (χ4v) is 3.90. The summed E-state index contributed by atoms with van der Waals surface area (Å²) in [6, 6.07) is 27.8. The standard InChI is InChI=1S/C28H28ClN5O2/c1-2-3-17-33(28(36)30-23-14-10-13-22(29)18-23)20-27(35)31-26-19-25(21-11-6-4-7-12-21)32-34(26)24-15-8-5-9-16-24/h4-16,18-19H,2-3,17,20H2,1H3,(H,30,36)(H,31,35). The summed E-state index contributed by atoms with van der Waals surface area (Å²) in [4.78, 5) is 27.6. The molecule has 0 radical (unpaired) electrons. The highest BCUT2D eigenvalue weighted by Gasteiger charge is 2.19. The molecule has 0 unspecified atom stereocenters. The van der Waals surface area contributed by atoms with Crippen LogP contribution in [0.5, 0.6) is 0 Å². The van der Waals surface area contributed by atoms with Crippen LogP contribution in [0.4, 0.5) is 16.3 Å². The molecule has 0 bridgehead atoms. The summed E-state index contributed by atoms with van der Waals surface area (Å²) in [5.41, 5.74) is 3.06. The third kappa shape index (κ3) is 6.52. The number of amides is 3. The molecular weight excluding hydrogens is 474 g/mol. The zero-order valence-corrected chi connectivity index (χ0v) is 20.8. The number of rotatable bonds is 9. The van der Waals surface area contributed by atoms with Crippen LogP contribution in [0.15, 0.2) is 91.0 Å². The molecular formula is C28H28ClN5O2. The molecule has 1 heterocycles. The number of carbonyl (C=O) groups is 2. The van der Waals surface area contributed by atoms with Gasteiger partial charge in [-0.3, -0.25) is 4.79 Å². The van der Waals surface area contributed by atoms with Crippen LogP contribution >= 0.6 is 11.6 Å². The minimum Gasteiger partial charge on any atom is -0.315 e. The molecule has 0 aliphatic carbocycles. The van der Waals surface area contributed by atoms with Crippen LogP contribution < -0.4 is 10.6 Å². The van der Waals surface area contributed by atoms with Crippen molar-refractivity contribution in [2.45, 2.75) is 19.8 Å². The molecule has 2 N–H and O–H groups in total. The minimum atomic E-state index is -0.359. The highest BCUT2D eigenvalue weighted by atomic mass is 35.5. The van der Waals surface area contributed by atoms with Gasteiger partial charge in [-0.1, -0.05) is 79.5 Å². The molecule has 0 saturated carbocycles. The summed E-state index contributed by atoms with van der Waals surface area (Å²) in [6.07, 6.45) is 1.67. The normalized spacial score (nSPS) is 10.6. The van der Waals surface area contributed by atoms with Crippen LogP contribution in [0.1, 0.15) is 19.8 Å². The average molecular weight is 502 g/mol. The minimum absolute atomic E-state index is 0.104. The molecule has 36 heavy (non-hydrogen) atoms. The van der Waals surface area contributed by atoms with E-state index in [1.54, 1.807) is 28.9 Å². The molecule has 8 heteroatoms. The second kappa shape index (κ2) is 12.0. The summed E-state index contributed by atoms with van der Waals surface area (Å²) in [5, 5.41) is 11.0. The Hall–Kier alpha value is -4.10. The van der Waals surface area contributed by atoms with E-state index in [2.05, 4.69) is 10.6 Å². The second-order valence-electron chi connectivity index (χ2n) is 8.29. The number of para-hydroxylation sites is 1. The van der Waals surface area contributed by atoms with Crippen LogP contribution in [-0.4, -0.2) is 39.7 Å². The van der Waals surface area contributed by atoms with Crippen molar-refractivity contribution < 1.29 is 9.59 Å². The first-order chi connectivity index (χ1) is 17.5. The van der Waals surface area contributed by atoms with Crippen molar-refractivity contribution in [2.24, 2.45) is 0 Å². The van der Waals surface area contributed by atoms with Gasteiger partial charge in [0.2, 0.25) is 5.91 Å². The second-order valence-corrected chi connectivity index (χ2v) is 8.73. The Morgan fingerprint density at radius 2 is 1.64 bits per heavy atom. The quantitative estimate of drug-likeness (QED) is 0.276. The van der Waals surface area contributed by atoms with E-state index >= 15 is 0 Å². The molecule has 0 saturated heterocycles. The number of unbranched alkanes of at least 4 members (excludes halogenated alkanes) is 1. The van der Waals surface area contributed by atoms with Crippen molar-refractivity contribution >= 4 is 35.0 Å². The summed E-state index contributed by atoms with van der Waals surface area (Å²) in [5.74, 6) is 0.208. The number of halogens is 1. The monoisotopic (exact) mass is 501 g/mol. The molecule has 0 fully saturated rings. The van der Waals surface area contributed by atoms with Gasteiger partial charge in [0.25, 0.3) is 0 Å². The summed E-state index contributed by atoms with van der Waals surface area (Å²) in [7, 11) is 0. The van der Waals surface area contributed by atoms with E-state index in [1.807, 2.05) is 73.7 Å². The van der Waals surface area contributed by atoms with E-state index in [0.29, 0.717) is 23.1 Å². The van der Waals surface area contributed by atoms with Crippen molar-refractivity contribution in [3.63, 3.8) is 0 Å². The Bertz CT molecular complexity index is 1310. The lowest BCUT2D eigenvalue weighted by Crippen LogP contribution is -2.41. The molecule has 3 amide bonds. The van der Waals surface area contributed by atoms with Gasteiger partial charge in [-0.25, -0.2) is 9.48 Å². The molecule has 4 aromatic rings. The van der Waals surface area contributed by atoms with Crippen LogP contribution in [0.3, 0.4) is 0 Å². The highest BCUT2D eigenvalue weighted by Crippen LogP contribution is 2.25. The number of aromatic nitrogens is 2. The lowest BCUT2D eigenvalue weighted by molar-refractivity contribution is -0.116. The van der Waals surface area contributed by atoms with Crippen molar-refractivity contribution in [3.8, 4) is 16.9 Å². The predicted molar refractivity (Wildman–Crippen MR) is 145 cm³/mol. The Labute approximate surface area is 215 Å². The molecule has 7 nitrogen and oxygen atoms in total. The van der Waals surface area contributed by atoms with E-state index in [0.717, 1.165) is 29.8 Å². The average Bonchev–Trinajstić information content (AvgIpc) is 3.31. The maximum atomic E-state index is 13.1. The summed E-state index contributed by atoms with van der Waals surface area (Å²) < 4.78 is 1.70. The fourth-order valence-electron chi connectivity index (χ4n) is 3.71. The van der Waals surface area contributed by atoms with E-state index in [9.17, 15) is 9.59 Å². The summed E-state index contributed by atoms with van der Waals surface area (Å²) in [6.45, 7) is 2.38. The maximum absolute atomic E-state index is 13.1. The Morgan fingerprint density at radius 3 is 2.33 bits per heavy atom. The summed E-state index contributed by atoms with van der Waals surface area (Å²) >= 11 is 6.04. The van der Waals surface area contributed by atoms with E-state index in [1.165, 1.54) is 4.90 Å². The maximum Gasteiger partial charge on any atom is 0.322 e. The number of benzene rings is 3. The Balaban J connectivity index is 1.54. The highest BCUT2D eigenvalue weighted by molar-refractivity contribution is 6.30. The molecule has 0 aliphatic rings. The number of nitrogens with zero attached hydrogens (tertiary/aromatic N) is 3. The van der Waals surface area contributed by atoms with E-state index in [-0.39, 0.29) is 18.5 Å². The number of urea groups is 1. The van der Waals surface area contributed by atoms with Crippen molar-refractivity contribution in [3.05, 3.63) is 96.0 Å². The van der Waals surface area contributed by atoms with Crippen LogP contribution in [0, 0.1) is 0 Å². The fraction of sp³-hybridized carbons (Fsp3) is 0.179. The van der Waals surface area contributed by atoms with Gasteiger partial charge in [0.15, 0.2) is 0 Å². The number of hydrogen-bond acceptors (Lipinski definition) is 3. The number of carbonyl (C=O) groups excluding carboxylic acids is 2.